The number of hydrogen-bond donors (Lipinski definition) is 2. The molecule has 3 N–H and O–H groups in total. The Morgan fingerprint density at radius 1 is 1.47 bits per heavy atom. The molecule has 0 amide bonds. The van der Waals surface area contributed by atoms with Gasteiger partial charge in [-0.1, -0.05) is 6.92 Å². The van der Waals surface area contributed by atoms with Crippen LogP contribution in [0.15, 0.2) is 0 Å². The predicted molar refractivity (Wildman–Crippen MR) is 68.7 cm³/mol. The van der Waals surface area contributed by atoms with Gasteiger partial charge in [-0.15, -0.1) is 0 Å². The van der Waals surface area contributed by atoms with E-state index in [9.17, 15) is 8.42 Å². The SMILES string of the molecule is CCCN(CC(=N)N)S(=O)(=O)CCOC(C)C. The number of rotatable bonds is 9. The minimum atomic E-state index is -3.39. The van der Waals surface area contributed by atoms with Crippen molar-refractivity contribution in [2.24, 2.45) is 5.73 Å². The fourth-order valence-electron chi connectivity index (χ4n) is 1.27. The Morgan fingerprint density at radius 3 is 2.47 bits per heavy atom. The molecule has 0 rings (SSSR count). The smallest absolute Gasteiger partial charge is 0.216 e. The molecule has 0 saturated heterocycles. The number of hydrogen-bond acceptors (Lipinski definition) is 4. The molecule has 0 unspecified atom stereocenters. The molecule has 0 atom stereocenters. The Kier molecular flexibility index (Phi) is 7.33. The van der Waals surface area contributed by atoms with Crippen molar-refractivity contribution in [3.8, 4) is 0 Å². The summed E-state index contributed by atoms with van der Waals surface area (Å²) in [5.74, 6) is -0.217. The normalized spacial score (nSPS) is 12.3. The first kappa shape index (κ1) is 16.3. The highest BCUT2D eigenvalue weighted by molar-refractivity contribution is 7.89. The summed E-state index contributed by atoms with van der Waals surface area (Å²) in [4.78, 5) is 0. The summed E-state index contributed by atoms with van der Waals surface area (Å²) in [6.45, 7) is 6.09. The first-order valence-corrected chi connectivity index (χ1v) is 7.32. The van der Waals surface area contributed by atoms with Crippen LogP contribution in [0, 0.1) is 5.41 Å². The molecule has 7 heteroatoms. The standard InChI is InChI=1S/C10H23N3O3S/c1-4-5-13(8-10(11)12)17(14,15)7-6-16-9(2)3/h9H,4-8H2,1-3H3,(H3,11,12). The van der Waals surface area contributed by atoms with Crippen molar-refractivity contribution in [3.63, 3.8) is 0 Å². The van der Waals surface area contributed by atoms with E-state index in [4.69, 9.17) is 15.9 Å². The number of sulfonamides is 1. The molecule has 6 nitrogen and oxygen atoms in total. The summed E-state index contributed by atoms with van der Waals surface area (Å²) in [6, 6.07) is 0. The van der Waals surface area contributed by atoms with Crippen molar-refractivity contribution in [1.82, 2.24) is 4.31 Å². The van der Waals surface area contributed by atoms with Gasteiger partial charge in [0.2, 0.25) is 10.0 Å². The van der Waals surface area contributed by atoms with E-state index in [1.807, 2.05) is 20.8 Å². The van der Waals surface area contributed by atoms with Crippen LogP contribution in [0.4, 0.5) is 0 Å². The second kappa shape index (κ2) is 7.62. The molecule has 0 aromatic carbocycles. The first-order valence-electron chi connectivity index (χ1n) is 5.72. The quantitative estimate of drug-likeness (QED) is 0.465. The van der Waals surface area contributed by atoms with E-state index in [1.54, 1.807) is 0 Å². The predicted octanol–water partition coefficient (Wildman–Crippen LogP) is 0.389. The Labute approximate surface area is 104 Å². The second-order valence-electron chi connectivity index (χ2n) is 4.09. The number of nitrogens with zero attached hydrogens (tertiary/aromatic N) is 1. The molecule has 0 aliphatic carbocycles. The molecule has 102 valence electrons. The monoisotopic (exact) mass is 265 g/mol. The van der Waals surface area contributed by atoms with E-state index in [0.717, 1.165) is 0 Å². The zero-order valence-corrected chi connectivity index (χ0v) is 11.6. The lowest BCUT2D eigenvalue weighted by Gasteiger charge is -2.21. The van der Waals surface area contributed by atoms with Crippen molar-refractivity contribution in [3.05, 3.63) is 0 Å². The molecule has 0 aromatic rings. The number of ether oxygens (including phenoxy) is 1. The Balaban J connectivity index is 4.44. The van der Waals surface area contributed by atoms with Crippen molar-refractivity contribution in [1.29, 1.82) is 5.41 Å². The summed E-state index contributed by atoms with van der Waals surface area (Å²) in [6.07, 6.45) is 0.704. The van der Waals surface area contributed by atoms with E-state index in [2.05, 4.69) is 0 Å². The van der Waals surface area contributed by atoms with E-state index >= 15 is 0 Å². The van der Waals surface area contributed by atoms with Crippen molar-refractivity contribution >= 4 is 15.9 Å². The zero-order valence-electron chi connectivity index (χ0n) is 10.8. The summed E-state index contributed by atoms with van der Waals surface area (Å²) in [5, 5.41) is 7.17. The highest BCUT2D eigenvalue weighted by atomic mass is 32.2. The van der Waals surface area contributed by atoms with Crippen LogP contribution in [-0.4, -0.2) is 50.1 Å². The highest BCUT2D eigenvalue weighted by Gasteiger charge is 2.21. The summed E-state index contributed by atoms with van der Waals surface area (Å²) in [5.41, 5.74) is 5.24. The molecule has 0 spiro atoms. The Hall–Kier alpha value is -0.660. The highest BCUT2D eigenvalue weighted by Crippen LogP contribution is 2.03. The van der Waals surface area contributed by atoms with Gasteiger partial charge in [0.25, 0.3) is 0 Å². The van der Waals surface area contributed by atoms with Gasteiger partial charge >= 0.3 is 0 Å². The van der Waals surface area contributed by atoms with Gasteiger partial charge in [0, 0.05) is 6.54 Å². The number of nitrogens with two attached hydrogens (primary N) is 1. The van der Waals surface area contributed by atoms with Gasteiger partial charge in [-0.25, -0.2) is 8.42 Å². The zero-order chi connectivity index (χ0) is 13.5. The van der Waals surface area contributed by atoms with Crippen LogP contribution in [0.2, 0.25) is 0 Å². The van der Waals surface area contributed by atoms with Gasteiger partial charge in [-0.2, -0.15) is 4.31 Å². The maximum Gasteiger partial charge on any atom is 0.216 e. The van der Waals surface area contributed by atoms with E-state index in [0.29, 0.717) is 13.0 Å². The Bertz CT molecular complexity index is 328. The molecule has 0 heterocycles. The van der Waals surface area contributed by atoms with Gasteiger partial charge < -0.3 is 10.5 Å². The molecule has 0 bridgehead atoms. The molecule has 0 saturated carbocycles. The third kappa shape index (κ3) is 7.30. The van der Waals surface area contributed by atoms with Crippen LogP contribution < -0.4 is 5.73 Å². The lowest BCUT2D eigenvalue weighted by atomic mass is 10.4. The van der Waals surface area contributed by atoms with Gasteiger partial charge in [0.1, 0.15) is 5.84 Å². The van der Waals surface area contributed by atoms with Crippen LogP contribution in [0.1, 0.15) is 27.2 Å². The molecule has 0 radical (unpaired) electrons. The first-order chi connectivity index (χ1) is 7.79. The lowest BCUT2D eigenvalue weighted by molar-refractivity contribution is 0.0907. The second-order valence-corrected chi connectivity index (χ2v) is 6.18. The van der Waals surface area contributed by atoms with Crippen molar-refractivity contribution in [2.75, 3.05) is 25.4 Å². The third-order valence-electron chi connectivity index (χ3n) is 2.01. The van der Waals surface area contributed by atoms with Gasteiger partial charge in [-0.3, -0.25) is 5.41 Å². The van der Waals surface area contributed by atoms with E-state index < -0.39 is 10.0 Å². The van der Waals surface area contributed by atoms with Crippen molar-refractivity contribution < 1.29 is 13.2 Å². The topological polar surface area (TPSA) is 96.5 Å². The third-order valence-corrected chi connectivity index (χ3v) is 3.79. The summed E-state index contributed by atoms with van der Waals surface area (Å²) >= 11 is 0. The average molecular weight is 265 g/mol. The van der Waals surface area contributed by atoms with E-state index in [-0.39, 0.29) is 30.8 Å². The summed E-state index contributed by atoms with van der Waals surface area (Å²) in [7, 11) is -3.39. The largest absolute Gasteiger partial charge is 0.387 e. The molecular weight excluding hydrogens is 242 g/mol. The Morgan fingerprint density at radius 2 is 2.06 bits per heavy atom. The van der Waals surface area contributed by atoms with Crippen LogP contribution in [0.3, 0.4) is 0 Å². The van der Waals surface area contributed by atoms with Crippen LogP contribution in [-0.2, 0) is 14.8 Å². The average Bonchev–Trinajstić information content (AvgIpc) is 2.15. The van der Waals surface area contributed by atoms with Gasteiger partial charge in [0.05, 0.1) is 25.0 Å². The maximum atomic E-state index is 11.9. The molecule has 0 fully saturated rings. The fourth-order valence-corrected chi connectivity index (χ4v) is 2.64. The van der Waals surface area contributed by atoms with Crippen LogP contribution in [0.5, 0.6) is 0 Å². The van der Waals surface area contributed by atoms with Gasteiger partial charge in [0.15, 0.2) is 0 Å². The molecule has 0 aliphatic heterocycles. The molecule has 0 aromatic heterocycles. The molecular formula is C10H23N3O3S. The van der Waals surface area contributed by atoms with Crippen LogP contribution >= 0.6 is 0 Å². The molecule has 17 heavy (non-hydrogen) atoms. The molecule has 0 aliphatic rings. The minimum Gasteiger partial charge on any atom is -0.387 e. The van der Waals surface area contributed by atoms with E-state index in [1.165, 1.54) is 4.31 Å². The lowest BCUT2D eigenvalue weighted by Crippen LogP contribution is -2.40. The van der Waals surface area contributed by atoms with Gasteiger partial charge in [-0.05, 0) is 20.3 Å². The number of nitrogens with one attached hydrogen (secondary N) is 1. The maximum absolute atomic E-state index is 11.9. The van der Waals surface area contributed by atoms with Crippen molar-refractivity contribution in [2.45, 2.75) is 33.3 Å². The fraction of sp³-hybridized carbons (Fsp3) is 0.900. The number of amidine groups is 1. The minimum absolute atomic E-state index is 0.0117. The summed E-state index contributed by atoms with van der Waals surface area (Å²) < 4.78 is 30.3. The van der Waals surface area contributed by atoms with Crippen LogP contribution in [0.25, 0.3) is 0 Å².